The fourth-order valence-electron chi connectivity index (χ4n) is 1.70. The molecule has 0 aromatic carbocycles. The number of aryl methyl sites for hydroxylation is 2. The number of hydrogen-bond donors (Lipinski definition) is 0. The number of carbonyl (C=O) groups excluding carboxylic acids is 1. The SMILES string of the molecule is CCOC(=O)c1cnn(C)c1COc1ccc(C)nc1. The maximum atomic E-state index is 11.8. The normalized spacial score (nSPS) is 10.3. The van der Waals surface area contributed by atoms with Gasteiger partial charge >= 0.3 is 5.97 Å². The molecule has 0 saturated carbocycles. The van der Waals surface area contributed by atoms with Gasteiger partial charge in [-0.1, -0.05) is 0 Å². The summed E-state index contributed by atoms with van der Waals surface area (Å²) in [5, 5.41) is 4.07. The topological polar surface area (TPSA) is 66.2 Å². The first-order valence-corrected chi connectivity index (χ1v) is 6.35. The van der Waals surface area contributed by atoms with Gasteiger partial charge in [-0.25, -0.2) is 4.79 Å². The van der Waals surface area contributed by atoms with E-state index in [0.717, 1.165) is 5.69 Å². The molecule has 0 radical (unpaired) electrons. The molecular weight excluding hydrogens is 258 g/mol. The van der Waals surface area contributed by atoms with Crippen LogP contribution < -0.4 is 4.74 Å². The molecule has 0 N–H and O–H groups in total. The van der Waals surface area contributed by atoms with E-state index < -0.39 is 0 Å². The molecule has 2 aromatic heterocycles. The summed E-state index contributed by atoms with van der Waals surface area (Å²) in [6.45, 7) is 4.23. The summed E-state index contributed by atoms with van der Waals surface area (Å²) in [6.07, 6.45) is 3.14. The van der Waals surface area contributed by atoms with Gasteiger partial charge in [0, 0.05) is 12.7 Å². The average Bonchev–Trinajstić information content (AvgIpc) is 2.80. The molecule has 0 spiro atoms. The molecule has 0 saturated heterocycles. The van der Waals surface area contributed by atoms with E-state index in [1.807, 2.05) is 19.1 Å². The first-order valence-electron chi connectivity index (χ1n) is 6.35. The molecule has 2 heterocycles. The lowest BCUT2D eigenvalue weighted by Crippen LogP contribution is -2.11. The third-order valence-corrected chi connectivity index (χ3v) is 2.82. The fraction of sp³-hybridized carbons (Fsp3) is 0.357. The number of rotatable bonds is 5. The van der Waals surface area contributed by atoms with Crippen molar-refractivity contribution in [2.24, 2.45) is 7.05 Å². The van der Waals surface area contributed by atoms with Gasteiger partial charge in [-0.15, -0.1) is 0 Å². The van der Waals surface area contributed by atoms with Crippen molar-refractivity contribution in [2.75, 3.05) is 6.61 Å². The van der Waals surface area contributed by atoms with Crippen LogP contribution in [-0.4, -0.2) is 27.3 Å². The van der Waals surface area contributed by atoms with Crippen LogP contribution in [0, 0.1) is 6.92 Å². The second-order valence-corrected chi connectivity index (χ2v) is 4.27. The molecule has 0 unspecified atom stereocenters. The Bertz CT molecular complexity index is 590. The molecule has 0 aliphatic rings. The molecule has 106 valence electrons. The molecule has 20 heavy (non-hydrogen) atoms. The van der Waals surface area contributed by atoms with Crippen LogP contribution in [0.3, 0.4) is 0 Å². The lowest BCUT2D eigenvalue weighted by molar-refractivity contribution is 0.0523. The number of nitrogens with zero attached hydrogens (tertiary/aromatic N) is 3. The summed E-state index contributed by atoms with van der Waals surface area (Å²) in [5.74, 6) is 0.257. The van der Waals surface area contributed by atoms with Crippen LogP contribution >= 0.6 is 0 Å². The second-order valence-electron chi connectivity index (χ2n) is 4.27. The predicted octanol–water partition coefficient (Wildman–Crippen LogP) is 1.88. The highest BCUT2D eigenvalue weighted by Gasteiger charge is 2.17. The van der Waals surface area contributed by atoms with Crippen molar-refractivity contribution in [1.29, 1.82) is 0 Å². The Hall–Kier alpha value is -2.37. The highest BCUT2D eigenvalue weighted by Crippen LogP contribution is 2.15. The van der Waals surface area contributed by atoms with Crippen molar-refractivity contribution < 1.29 is 14.3 Å². The van der Waals surface area contributed by atoms with Crippen LogP contribution in [0.15, 0.2) is 24.5 Å². The molecule has 0 amide bonds. The number of carbonyl (C=O) groups is 1. The summed E-state index contributed by atoms with van der Waals surface area (Å²) in [6, 6.07) is 3.70. The van der Waals surface area contributed by atoms with Gasteiger partial charge < -0.3 is 9.47 Å². The number of esters is 1. The van der Waals surface area contributed by atoms with Crippen LogP contribution in [0.2, 0.25) is 0 Å². The average molecular weight is 275 g/mol. The van der Waals surface area contributed by atoms with Crippen molar-refractivity contribution >= 4 is 5.97 Å². The van der Waals surface area contributed by atoms with Gasteiger partial charge in [0.1, 0.15) is 17.9 Å². The molecule has 0 atom stereocenters. The van der Waals surface area contributed by atoms with Gasteiger partial charge in [0.2, 0.25) is 0 Å². The molecule has 2 rings (SSSR count). The quantitative estimate of drug-likeness (QED) is 0.779. The highest BCUT2D eigenvalue weighted by atomic mass is 16.5. The number of hydrogen-bond acceptors (Lipinski definition) is 5. The van der Waals surface area contributed by atoms with E-state index in [9.17, 15) is 4.79 Å². The molecule has 0 bridgehead atoms. The van der Waals surface area contributed by atoms with Gasteiger partial charge in [-0.2, -0.15) is 5.10 Å². The molecule has 0 fully saturated rings. The van der Waals surface area contributed by atoms with Crippen molar-refractivity contribution in [2.45, 2.75) is 20.5 Å². The lowest BCUT2D eigenvalue weighted by Gasteiger charge is -2.08. The Morgan fingerprint density at radius 3 is 2.80 bits per heavy atom. The Kier molecular flexibility index (Phi) is 4.34. The predicted molar refractivity (Wildman–Crippen MR) is 72.5 cm³/mol. The van der Waals surface area contributed by atoms with E-state index in [0.29, 0.717) is 23.6 Å². The molecule has 6 heteroatoms. The van der Waals surface area contributed by atoms with E-state index in [4.69, 9.17) is 9.47 Å². The van der Waals surface area contributed by atoms with Gasteiger partial charge in [0.25, 0.3) is 0 Å². The molecule has 6 nitrogen and oxygen atoms in total. The van der Waals surface area contributed by atoms with Crippen LogP contribution in [0.5, 0.6) is 5.75 Å². The third kappa shape index (κ3) is 3.14. The zero-order chi connectivity index (χ0) is 14.5. The Morgan fingerprint density at radius 2 is 2.15 bits per heavy atom. The van der Waals surface area contributed by atoms with Gasteiger partial charge in [0.15, 0.2) is 0 Å². The van der Waals surface area contributed by atoms with Gasteiger partial charge in [0.05, 0.1) is 24.7 Å². The Balaban J connectivity index is 2.11. The molecule has 0 aliphatic carbocycles. The van der Waals surface area contributed by atoms with E-state index >= 15 is 0 Å². The summed E-state index contributed by atoms with van der Waals surface area (Å²) >= 11 is 0. The largest absolute Gasteiger partial charge is 0.486 e. The zero-order valence-electron chi connectivity index (χ0n) is 11.8. The highest BCUT2D eigenvalue weighted by molar-refractivity contribution is 5.90. The summed E-state index contributed by atoms with van der Waals surface area (Å²) < 4.78 is 12.2. The van der Waals surface area contributed by atoms with Crippen molar-refractivity contribution in [3.05, 3.63) is 41.5 Å². The van der Waals surface area contributed by atoms with Crippen LogP contribution in [0.1, 0.15) is 28.7 Å². The third-order valence-electron chi connectivity index (χ3n) is 2.82. The Morgan fingerprint density at radius 1 is 1.35 bits per heavy atom. The van der Waals surface area contributed by atoms with Crippen LogP contribution in [0.4, 0.5) is 0 Å². The Labute approximate surface area is 117 Å². The minimum atomic E-state index is -0.388. The van der Waals surface area contributed by atoms with Crippen LogP contribution in [0.25, 0.3) is 0 Å². The zero-order valence-corrected chi connectivity index (χ0v) is 11.8. The number of aromatic nitrogens is 3. The smallest absolute Gasteiger partial charge is 0.341 e. The van der Waals surface area contributed by atoms with Gasteiger partial charge in [-0.05, 0) is 26.0 Å². The summed E-state index contributed by atoms with van der Waals surface area (Å²) in [5.41, 5.74) is 2.02. The molecule has 0 aliphatic heterocycles. The first kappa shape index (κ1) is 14.0. The number of ether oxygens (including phenoxy) is 2. The minimum Gasteiger partial charge on any atom is -0.486 e. The van der Waals surface area contributed by atoms with E-state index in [-0.39, 0.29) is 12.6 Å². The molecule has 2 aromatic rings. The van der Waals surface area contributed by atoms with Crippen molar-refractivity contribution in [1.82, 2.24) is 14.8 Å². The van der Waals surface area contributed by atoms with E-state index in [2.05, 4.69) is 10.1 Å². The molecular formula is C14H17N3O3. The van der Waals surface area contributed by atoms with Crippen molar-refractivity contribution in [3.63, 3.8) is 0 Å². The van der Waals surface area contributed by atoms with E-state index in [1.54, 1.807) is 24.9 Å². The first-order chi connectivity index (χ1) is 9.61. The van der Waals surface area contributed by atoms with Gasteiger partial charge in [-0.3, -0.25) is 9.67 Å². The maximum absolute atomic E-state index is 11.8. The number of pyridine rings is 1. The van der Waals surface area contributed by atoms with E-state index in [1.165, 1.54) is 6.20 Å². The minimum absolute atomic E-state index is 0.232. The monoisotopic (exact) mass is 275 g/mol. The summed E-state index contributed by atoms with van der Waals surface area (Å²) in [4.78, 5) is 15.9. The second kappa shape index (κ2) is 6.18. The maximum Gasteiger partial charge on any atom is 0.341 e. The lowest BCUT2D eigenvalue weighted by atomic mass is 10.2. The van der Waals surface area contributed by atoms with Crippen LogP contribution in [-0.2, 0) is 18.4 Å². The van der Waals surface area contributed by atoms with Crippen molar-refractivity contribution in [3.8, 4) is 5.75 Å². The summed E-state index contributed by atoms with van der Waals surface area (Å²) in [7, 11) is 1.76. The standard InChI is InChI=1S/C14H17N3O3/c1-4-19-14(18)12-8-16-17(3)13(12)9-20-11-6-5-10(2)15-7-11/h5-8H,4,9H2,1-3H3. The fourth-order valence-corrected chi connectivity index (χ4v) is 1.70.